The molecular formula is C12H20NO2S2+. The third-order valence-electron chi connectivity index (χ3n) is 2.69. The fourth-order valence-corrected chi connectivity index (χ4v) is 4.73. The van der Waals surface area contributed by atoms with Gasteiger partial charge in [-0.05, 0) is 13.5 Å². The molecule has 3 nitrogen and oxygen atoms in total. The minimum Gasteiger partial charge on any atom is -0.465 e. The first kappa shape index (κ1) is 14.6. The van der Waals surface area contributed by atoms with E-state index in [0.29, 0.717) is 6.61 Å². The summed E-state index contributed by atoms with van der Waals surface area (Å²) in [4.78, 5) is 11.9. The summed E-state index contributed by atoms with van der Waals surface area (Å²) in [7, 11) is 3.50. The molecule has 0 bridgehead atoms. The van der Waals surface area contributed by atoms with Crippen LogP contribution in [0.5, 0.6) is 0 Å². The van der Waals surface area contributed by atoms with Crippen LogP contribution in [0.2, 0.25) is 0 Å². The Balaban J connectivity index is 2.22. The molecule has 0 spiro atoms. The zero-order chi connectivity index (χ0) is 12.7. The minimum absolute atomic E-state index is 0.0550. The highest BCUT2D eigenvalue weighted by molar-refractivity contribution is 8.77. The van der Waals surface area contributed by atoms with Crippen molar-refractivity contribution < 1.29 is 14.1 Å². The lowest BCUT2D eigenvalue weighted by molar-refractivity contribution is -0.453. The lowest BCUT2D eigenvalue weighted by atomic mass is 9.96. The van der Waals surface area contributed by atoms with Gasteiger partial charge >= 0.3 is 5.97 Å². The van der Waals surface area contributed by atoms with Crippen molar-refractivity contribution in [3.05, 3.63) is 12.8 Å². The maximum atomic E-state index is 11.9. The number of hydrogen-bond acceptors (Lipinski definition) is 4. The molecule has 0 aliphatic carbocycles. The molecule has 0 radical (unpaired) electrons. The number of rotatable bonds is 6. The van der Waals surface area contributed by atoms with Crippen molar-refractivity contribution in [1.29, 1.82) is 0 Å². The highest BCUT2D eigenvalue weighted by atomic mass is 33.1. The van der Waals surface area contributed by atoms with Gasteiger partial charge in [-0.15, -0.1) is 0 Å². The predicted octanol–water partition coefficient (Wildman–Crippen LogP) is 2.57. The first-order chi connectivity index (χ1) is 8.12. The van der Waals surface area contributed by atoms with Crippen LogP contribution in [-0.4, -0.2) is 41.4 Å². The summed E-state index contributed by atoms with van der Waals surface area (Å²) in [5.74, 6) is 1.66. The highest BCUT2D eigenvalue weighted by Crippen LogP contribution is 2.43. The molecule has 0 atom stereocenters. The summed E-state index contributed by atoms with van der Waals surface area (Å²) in [6, 6.07) is 0. The molecule has 1 aliphatic rings. The summed E-state index contributed by atoms with van der Waals surface area (Å²) in [5, 5.41) is 0. The van der Waals surface area contributed by atoms with Gasteiger partial charge in [-0.25, -0.2) is 4.58 Å². The van der Waals surface area contributed by atoms with E-state index in [-0.39, 0.29) is 11.4 Å². The molecule has 0 amide bonds. The van der Waals surface area contributed by atoms with Crippen LogP contribution in [0.3, 0.4) is 0 Å². The standard InChI is InChI=1S/C12H20NO2S2/c1-4-13(5-2)7-6-8-15-11(14)12(3)9-16-17-10-12/h4-5H,1,6-10H2,2-3H3/q+1. The molecule has 1 heterocycles. The molecule has 0 aromatic carbocycles. The van der Waals surface area contributed by atoms with E-state index in [1.807, 2.05) is 24.6 Å². The van der Waals surface area contributed by atoms with E-state index < -0.39 is 0 Å². The number of carbonyl (C=O) groups is 1. The van der Waals surface area contributed by atoms with Gasteiger partial charge in [0.1, 0.15) is 6.21 Å². The topological polar surface area (TPSA) is 29.3 Å². The Morgan fingerprint density at radius 2 is 2.18 bits per heavy atom. The van der Waals surface area contributed by atoms with E-state index in [2.05, 4.69) is 6.58 Å². The van der Waals surface area contributed by atoms with Crippen LogP contribution < -0.4 is 0 Å². The van der Waals surface area contributed by atoms with Gasteiger partial charge in [-0.1, -0.05) is 21.6 Å². The molecule has 0 aromatic rings. The number of esters is 1. The van der Waals surface area contributed by atoms with E-state index in [1.165, 1.54) is 0 Å². The zero-order valence-electron chi connectivity index (χ0n) is 10.5. The van der Waals surface area contributed by atoms with Gasteiger partial charge in [0, 0.05) is 24.9 Å². The van der Waals surface area contributed by atoms with Crippen LogP contribution in [0.1, 0.15) is 20.3 Å². The van der Waals surface area contributed by atoms with E-state index in [0.717, 1.165) is 24.5 Å². The number of hydrogen-bond donors (Lipinski definition) is 0. The van der Waals surface area contributed by atoms with Crippen molar-refractivity contribution >= 4 is 33.8 Å². The SMILES string of the molecule is C=C[N+](=CC)CCCOC(=O)C1(C)CSSC1. The average Bonchev–Trinajstić information content (AvgIpc) is 2.77. The minimum atomic E-state index is -0.287. The molecule has 1 fully saturated rings. The first-order valence-electron chi connectivity index (χ1n) is 5.72. The zero-order valence-corrected chi connectivity index (χ0v) is 12.1. The summed E-state index contributed by atoms with van der Waals surface area (Å²) in [6.07, 6.45) is 4.56. The number of nitrogens with zero attached hydrogens (tertiary/aromatic N) is 1. The van der Waals surface area contributed by atoms with Crippen molar-refractivity contribution in [3.63, 3.8) is 0 Å². The second-order valence-corrected chi connectivity index (χ2v) is 6.72. The Labute approximate surface area is 111 Å². The van der Waals surface area contributed by atoms with Crippen molar-refractivity contribution in [2.45, 2.75) is 20.3 Å². The monoisotopic (exact) mass is 274 g/mol. The van der Waals surface area contributed by atoms with Crippen LogP contribution in [0.15, 0.2) is 12.8 Å². The second-order valence-electron chi connectivity index (χ2n) is 4.25. The molecule has 5 heteroatoms. The van der Waals surface area contributed by atoms with Gasteiger partial charge in [0.05, 0.1) is 12.0 Å². The molecule has 17 heavy (non-hydrogen) atoms. The molecule has 0 saturated carbocycles. The summed E-state index contributed by atoms with van der Waals surface area (Å²) in [5.41, 5.74) is -0.287. The molecule has 0 N–H and O–H groups in total. The maximum absolute atomic E-state index is 11.9. The van der Waals surface area contributed by atoms with Crippen LogP contribution >= 0.6 is 21.6 Å². The van der Waals surface area contributed by atoms with E-state index in [4.69, 9.17) is 4.74 Å². The average molecular weight is 274 g/mol. The van der Waals surface area contributed by atoms with Crippen molar-refractivity contribution in [1.82, 2.24) is 0 Å². The van der Waals surface area contributed by atoms with Crippen LogP contribution in [-0.2, 0) is 9.53 Å². The summed E-state index contributed by atoms with van der Waals surface area (Å²) in [6.45, 7) is 8.97. The molecule has 1 aliphatic heterocycles. The van der Waals surface area contributed by atoms with Gasteiger partial charge < -0.3 is 4.74 Å². The third kappa shape index (κ3) is 4.39. The molecular weight excluding hydrogens is 254 g/mol. The molecule has 1 rings (SSSR count). The Morgan fingerprint density at radius 1 is 1.53 bits per heavy atom. The molecule has 0 unspecified atom stereocenters. The quantitative estimate of drug-likeness (QED) is 0.245. The van der Waals surface area contributed by atoms with Crippen molar-refractivity contribution in [2.75, 3.05) is 24.7 Å². The van der Waals surface area contributed by atoms with Gasteiger partial charge in [0.2, 0.25) is 0 Å². The van der Waals surface area contributed by atoms with Crippen molar-refractivity contribution in [3.8, 4) is 0 Å². The van der Waals surface area contributed by atoms with Crippen LogP contribution in [0.4, 0.5) is 0 Å². The fourth-order valence-electron chi connectivity index (χ4n) is 1.41. The maximum Gasteiger partial charge on any atom is 0.313 e. The van der Waals surface area contributed by atoms with Crippen LogP contribution in [0.25, 0.3) is 0 Å². The van der Waals surface area contributed by atoms with Gasteiger partial charge in [-0.3, -0.25) is 4.79 Å². The summed E-state index contributed by atoms with van der Waals surface area (Å²) < 4.78 is 7.31. The van der Waals surface area contributed by atoms with E-state index >= 15 is 0 Å². The van der Waals surface area contributed by atoms with Gasteiger partial charge in [-0.2, -0.15) is 0 Å². The smallest absolute Gasteiger partial charge is 0.313 e. The first-order valence-corrected chi connectivity index (χ1v) is 8.20. The van der Waals surface area contributed by atoms with E-state index in [1.54, 1.807) is 27.8 Å². The normalized spacial score (nSPS) is 19.1. The number of ether oxygens (including phenoxy) is 1. The van der Waals surface area contributed by atoms with Crippen LogP contribution in [0, 0.1) is 5.41 Å². The molecule has 96 valence electrons. The van der Waals surface area contributed by atoms with E-state index in [9.17, 15) is 4.79 Å². The molecule has 1 saturated heterocycles. The van der Waals surface area contributed by atoms with Gasteiger partial charge in [0.15, 0.2) is 12.7 Å². The second kappa shape index (κ2) is 7.11. The largest absolute Gasteiger partial charge is 0.465 e. The lowest BCUT2D eigenvalue weighted by Gasteiger charge is -2.19. The summed E-state index contributed by atoms with van der Waals surface area (Å²) >= 11 is 0. The number of carbonyl (C=O) groups excluding carboxylic acids is 1. The highest BCUT2D eigenvalue weighted by Gasteiger charge is 2.39. The Morgan fingerprint density at radius 3 is 2.71 bits per heavy atom. The fraction of sp³-hybridized carbons (Fsp3) is 0.667. The Kier molecular flexibility index (Phi) is 6.12. The van der Waals surface area contributed by atoms with Crippen molar-refractivity contribution in [2.24, 2.45) is 5.41 Å². The predicted molar refractivity (Wildman–Crippen MR) is 75.7 cm³/mol. The third-order valence-corrected chi connectivity index (χ3v) is 5.57. The molecule has 0 aromatic heterocycles. The van der Waals surface area contributed by atoms with Gasteiger partial charge in [0.25, 0.3) is 0 Å². The Hall–Kier alpha value is -0.420. The Bertz CT molecular complexity index is 310. The lowest BCUT2D eigenvalue weighted by Crippen LogP contribution is -2.32.